The zero-order valence-corrected chi connectivity index (χ0v) is 16.5. The minimum absolute atomic E-state index is 0.0223. The van der Waals surface area contributed by atoms with Crippen molar-refractivity contribution in [2.24, 2.45) is 0 Å². The molecule has 0 aliphatic carbocycles. The summed E-state index contributed by atoms with van der Waals surface area (Å²) < 4.78 is 39.2. The van der Waals surface area contributed by atoms with Crippen LogP contribution >= 0.6 is 0 Å². The molecule has 2 aliphatic rings. The van der Waals surface area contributed by atoms with E-state index < -0.39 is 17.6 Å². The second kappa shape index (κ2) is 9.13. The Bertz CT molecular complexity index is 727. The molecule has 1 atom stereocenters. The van der Waals surface area contributed by atoms with Crippen molar-refractivity contribution in [1.29, 1.82) is 0 Å². The molecule has 0 aromatic heterocycles. The fraction of sp³-hybridized carbons (Fsp3) is 0.600. The molecule has 1 N–H and O–H groups in total. The number of likely N-dealkylation sites (tertiary alicyclic amines) is 1. The van der Waals surface area contributed by atoms with Gasteiger partial charge in [0.15, 0.2) is 0 Å². The molecule has 2 saturated heterocycles. The lowest BCUT2D eigenvalue weighted by atomic mass is 10.1. The molecule has 0 spiro atoms. The first-order valence-corrected chi connectivity index (χ1v) is 9.97. The zero-order valence-electron chi connectivity index (χ0n) is 16.5. The molecule has 1 aromatic carbocycles. The van der Waals surface area contributed by atoms with E-state index in [1.54, 1.807) is 0 Å². The molecule has 0 saturated carbocycles. The Morgan fingerprint density at radius 3 is 2.28 bits per heavy atom. The van der Waals surface area contributed by atoms with E-state index in [9.17, 15) is 22.8 Å². The van der Waals surface area contributed by atoms with Crippen molar-refractivity contribution in [3.63, 3.8) is 0 Å². The van der Waals surface area contributed by atoms with Crippen LogP contribution in [0.25, 0.3) is 0 Å². The summed E-state index contributed by atoms with van der Waals surface area (Å²) in [6.07, 6.45) is -2.41. The molecular weight excluding hydrogens is 385 g/mol. The number of nitrogens with one attached hydrogen (secondary N) is 1. The molecule has 2 fully saturated rings. The summed E-state index contributed by atoms with van der Waals surface area (Å²) in [5.41, 5.74) is -1.08. The van der Waals surface area contributed by atoms with Crippen LogP contribution in [0.3, 0.4) is 0 Å². The standard InChI is InChI=1S/C20H27F3N4O2/c1-15(19(29)27-8-4-5-9-27)26-12-10-25(11-13-26)14-18(28)24-17-7-3-2-6-16(17)20(21,22)23/h2-3,6-7,15H,4-5,8-14H2,1H3,(H,24,28)/t15-/m0/s1. The van der Waals surface area contributed by atoms with Crippen LogP contribution in [0.4, 0.5) is 18.9 Å². The van der Waals surface area contributed by atoms with E-state index >= 15 is 0 Å². The highest BCUT2D eigenvalue weighted by Crippen LogP contribution is 2.34. The maximum Gasteiger partial charge on any atom is 0.418 e. The van der Waals surface area contributed by atoms with Gasteiger partial charge in [0, 0.05) is 39.3 Å². The molecule has 6 nitrogen and oxygen atoms in total. The van der Waals surface area contributed by atoms with Gasteiger partial charge in [0.1, 0.15) is 0 Å². The number of hydrogen-bond acceptors (Lipinski definition) is 4. The summed E-state index contributed by atoms with van der Waals surface area (Å²) >= 11 is 0. The first-order chi connectivity index (χ1) is 13.8. The van der Waals surface area contributed by atoms with Crippen molar-refractivity contribution >= 4 is 17.5 Å². The van der Waals surface area contributed by atoms with Gasteiger partial charge in [0.25, 0.3) is 0 Å². The fourth-order valence-corrected chi connectivity index (χ4v) is 3.90. The number of piperazine rings is 1. The van der Waals surface area contributed by atoms with E-state index in [-0.39, 0.29) is 24.2 Å². The lowest BCUT2D eigenvalue weighted by Crippen LogP contribution is -2.55. The highest BCUT2D eigenvalue weighted by Gasteiger charge is 2.34. The third-order valence-electron chi connectivity index (χ3n) is 5.60. The van der Waals surface area contributed by atoms with Crippen molar-refractivity contribution < 1.29 is 22.8 Å². The van der Waals surface area contributed by atoms with Crippen LogP contribution in [-0.4, -0.2) is 78.4 Å². The normalized spacial score (nSPS) is 19.9. The first kappa shape index (κ1) is 21.6. The summed E-state index contributed by atoms with van der Waals surface area (Å²) in [5.74, 6) is -0.325. The largest absolute Gasteiger partial charge is 0.418 e. The second-order valence-corrected chi connectivity index (χ2v) is 7.61. The minimum atomic E-state index is -4.52. The molecule has 29 heavy (non-hydrogen) atoms. The molecular formula is C20H27F3N4O2. The molecule has 2 heterocycles. The number of hydrogen-bond donors (Lipinski definition) is 1. The van der Waals surface area contributed by atoms with Gasteiger partial charge in [-0.2, -0.15) is 13.2 Å². The minimum Gasteiger partial charge on any atom is -0.341 e. The van der Waals surface area contributed by atoms with Gasteiger partial charge in [-0.3, -0.25) is 19.4 Å². The Balaban J connectivity index is 1.48. The van der Waals surface area contributed by atoms with Gasteiger partial charge in [-0.1, -0.05) is 12.1 Å². The average molecular weight is 412 g/mol. The Kier molecular flexibility index (Phi) is 6.79. The van der Waals surface area contributed by atoms with Crippen molar-refractivity contribution in [3.8, 4) is 0 Å². The average Bonchev–Trinajstić information content (AvgIpc) is 3.22. The lowest BCUT2D eigenvalue weighted by Gasteiger charge is -2.38. The van der Waals surface area contributed by atoms with Gasteiger partial charge in [-0.15, -0.1) is 0 Å². The maximum absolute atomic E-state index is 13.1. The summed E-state index contributed by atoms with van der Waals surface area (Å²) in [5, 5.41) is 2.38. The Morgan fingerprint density at radius 1 is 1.03 bits per heavy atom. The maximum atomic E-state index is 13.1. The topological polar surface area (TPSA) is 55.9 Å². The number of benzene rings is 1. The molecule has 0 bridgehead atoms. The third-order valence-corrected chi connectivity index (χ3v) is 5.60. The number of para-hydroxylation sites is 1. The van der Waals surface area contributed by atoms with Crippen molar-refractivity contribution in [3.05, 3.63) is 29.8 Å². The molecule has 2 aliphatic heterocycles. The second-order valence-electron chi connectivity index (χ2n) is 7.61. The number of anilines is 1. The Labute approximate surface area is 168 Å². The summed E-state index contributed by atoms with van der Waals surface area (Å²) in [6.45, 7) is 6.05. The summed E-state index contributed by atoms with van der Waals surface area (Å²) in [6, 6.07) is 4.77. The molecule has 3 rings (SSSR count). The van der Waals surface area contributed by atoms with Crippen LogP contribution in [0.15, 0.2) is 24.3 Å². The van der Waals surface area contributed by atoms with E-state index in [1.807, 2.05) is 16.7 Å². The number of halogens is 3. The zero-order chi connectivity index (χ0) is 21.0. The van der Waals surface area contributed by atoms with Crippen LogP contribution in [0.1, 0.15) is 25.3 Å². The van der Waals surface area contributed by atoms with Crippen LogP contribution in [0.5, 0.6) is 0 Å². The molecule has 1 aromatic rings. The predicted octanol–water partition coefficient (Wildman–Crippen LogP) is 2.27. The van der Waals surface area contributed by atoms with E-state index in [0.717, 1.165) is 32.0 Å². The number of carbonyl (C=O) groups excluding carboxylic acids is 2. The van der Waals surface area contributed by atoms with Crippen molar-refractivity contribution in [2.75, 3.05) is 51.1 Å². The van der Waals surface area contributed by atoms with E-state index in [2.05, 4.69) is 10.2 Å². The van der Waals surface area contributed by atoms with E-state index in [0.29, 0.717) is 26.2 Å². The monoisotopic (exact) mass is 412 g/mol. The fourth-order valence-electron chi connectivity index (χ4n) is 3.90. The van der Waals surface area contributed by atoms with Crippen LogP contribution in [0, 0.1) is 0 Å². The van der Waals surface area contributed by atoms with Crippen LogP contribution < -0.4 is 5.32 Å². The summed E-state index contributed by atoms with van der Waals surface area (Å²) in [4.78, 5) is 30.7. The molecule has 2 amide bonds. The summed E-state index contributed by atoms with van der Waals surface area (Å²) in [7, 11) is 0. The Hall–Kier alpha value is -2.13. The van der Waals surface area contributed by atoms with Gasteiger partial charge >= 0.3 is 6.18 Å². The van der Waals surface area contributed by atoms with Gasteiger partial charge in [0.2, 0.25) is 11.8 Å². The third kappa shape index (κ3) is 5.48. The lowest BCUT2D eigenvalue weighted by molar-refractivity contribution is -0.137. The number of alkyl halides is 3. The Morgan fingerprint density at radius 2 is 1.66 bits per heavy atom. The first-order valence-electron chi connectivity index (χ1n) is 9.97. The molecule has 0 unspecified atom stereocenters. The van der Waals surface area contributed by atoms with E-state index in [4.69, 9.17) is 0 Å². The number of rotatable bonds is 5. The SMILES string of the molecule is C[C@@H](C(=O)N1CCCC1)N1CCN(CC(=O)Nc2ccccc2C(F)(F)F)CC1. The number of carbonyl (C=O) groups is 2. The van der Waals surface area contributed by atoms with Gasteiger partial charge in [-0.25, -0.2) is 0 Å². The highest BCUT2D eigenvalue weighted by molar-refractivity contribution is 5.93. The molecule has 0 radical (unpaired) electrons. The molecule has 9 heteroatoms. The van der Waals surface area contributed by atoms with Crippen LogP contribution in [-0.2, 0) is 15.8 Å². The van der Waals surface area contributed by atoms with E-state index in [1.165, 1.54) is 18.2 Å². The van der Waals surface area contributed by atoms with Gasteiger partial charge in [0.05, 0.1) is 23.8 Å². The number of nitrogens with zero attached hydrogens (tertiary/aromatic N) is 3. The van der Waals surface area contributed by atoms with Crippen molar-refractivity contribution in [2.45, 2.75) is 32.0 Å². The predicted molar refractivity (Wildman–Crippen MR) is 103 cm³/mol. The number of amides is 2. The molecule has 160 valence electrons. The quantitative estimate of drug-likeness (QED) is 0.806. The van der Waals surface area contributed by atoms with Crippen molar-refractivity contribution in [1.82, 2.24) is 14.7 Å². The van der Waals surface area contributed by atoms with Crippen LogP contribution in [0.2, 0.25) is 0 Å². The van der Waals surface area contributed by atoms with Gasteiger partial charge < -0.3 is 10.2 Å². The van der Waals surface area contributed by atoms with Gasteiger partial charge in [-0.05, 0) is 31.9 Å². The smallest absolute Gasteiger partial charge is 0.341 e. The highest BCUT2D eigenvalue weighted by atomic mass is 19.4.